The number of urea groups is 1. The van der Waals surface area contributed by atoms with E-state index in [1.807, 2.05) is 18.2 Å². The lowest BCUT2D eigenvalue weighted by Gasteiger charge is -2.30. The van der Waals surface area contributed by atoms with Crippen molar-refractivity contribution in [1.82, 2.24) is 4.90 Å². The third kappa shape index (κ3) is 7.56. The first-order chi connectivity index (χ1) is 16.7. The molecule has 0 radical (unpaired) electrons. The zero-order valence-electron chi connectivity index (χ0n) is 20.7. The van der Waals surface area contributed by atoms with Gasteiger partial charge in [0.05, 0.1) is 0 Å². The number of fused-ring (bicyclic) bond motifs is 1. The first-order valence-corrected chi connectivity index (χ1v) is 12.5. The highest BCUT2D eigenvalue weighted by Crippen LogP contribution is 2.36. The maximum atomic E-state index is 13.2. The molecule has 1 atom stereocenters. The molecule has 0 heterocycles. The number of anilines is 1. The smallest absolute Gasteiger partial charge is 0.480 e. The van der Waals surface area contributed by atoms with Crippen LogP contribution in [0.5, 0.6) is 5.75 Å². The van der Waals surface area contributed by atoms with Gasteiger partial charge in [0, 0.05) is 23.2 Å². The highest BCUT2D eigenvalue weighted by atomic mass is 32.2. The van der Waals surface area contributed by atoms with Gasteiger partial charge in [0.1, 0.15) is 10.5 Å². The number of carboxylic acid groups (broad SMARTS) is 1. The largest absolute Gasteiger partial charge is 0.573 e. The highest BCUT2D eigenvalue weighted by molar-refractivity contribution is 8.01. The monoisotopic (exact) mass is 524 g/mol. The number of hydrogen-bond acceptors (Lipinski definition) is 4. The van der Waals surface area contributed by atoms with Crippen molar-refractivity contribution in [2.24, 2.45) is 5.92 Å². The Morgan fingerprint density at radius 3 is 2.33 bits per heavy atom. The quantitative estimate of drug-likeness (QED) is 0.362. The fourth-order valence-electron chi connectivity index (χ4n) is 3.98. The summed E-state index contributed by atoms with van der Waals surface area (Å²) in [4.78, 5) is 27.4. The van der Waals surface area contributed by atoms with Gasteiger partial charge in [0.25, 0.3) is 0 Å². The zero-order chi connectivity index (χ0) is 26.7. The molecule has 1 aliphatic rings. The fourth-order valence-corrected chi connectivity index (χ4v) is 4.99. The standard InChI is InChI=1S/C26H31F3N2O4S/c1-16(2)11-12-31(24(34)30-19-6-8-21(9-7-19)35-26(27,28)29)20-13-17-5-10-22(15-18(17)14-20)36-25(3,4)23(32)33/h5-10,15-16,20H,11-14H2,1-4H3,(H,30,34)(H,32,33). The number of thioether (sulfide) groups is 1. The van der Waals surface area contributed by atoms with Crippen LogP contribution in [0.2, 0.25) is 0 Å². The first-order valence-electron chi connectivity index (χ1n) is 11.7. The fraction of sp³-hybridized carbons (Fsp3) is 0.462. The van der Waals surface area contributed by atoms with Gasteiger partial charge in [-0.1, -0.05) is 19.9 Å². The van der Waals surface area contributed by atoms with Crippen LogP contribution in [0.15, 0.2) is 47.4 Å². The van der Waals surface area contributed by atoms with E-state index < -0.39 is 17.1 Å². The predicted octanol–water partition coefficient (Wildman–Crippen LogP) is 6.59. The Morgan fingerprint density at radius 1 is 1.11 bits per heavy atom. The van der Waals surface area contributed by atoms with Gasteiger partial charge >= 0.3 is 18.4 Å². The molecule has 2 aromatic carbocycles. The van der Waals surface area contributed by atoms with Crippen LogP contribution >= 0.6 is 11.8 Å². The number of ether oxygens (including phenoxy) is 1. The summed E-state index contributed by atoms with van der Waals surface area (Å²) < 4.78 is 40.1. The number of nitrogens with zero attached hydrogens (tertiary/aromatic N) is 1. The molecular weight excluding hydrogens is 493 g/mol. The van der Waals surface area contributed by atoms with Crippen LogP contribution in [0.3, 0.4) is 0 Å². The van der Waals surface area contributed by atoms with Crippen molar-refractivity contribution < 1.29 is 32.6 Å². The number of aliphatic carboxylic acids is 1. The maximum Gasteiger partial charge on any atom is 0.573 e. The minimum atomic E-state index is -4.78. The topological polar surface area (TPSA) is 78.9 Å². The number of amides is 2. The van der Waals surface area contributed by atoms with Crippen LogP contribution < -0.4 is 10.1 Å². The second-order valence-electron chi connectivity index (χ2n) is 9.79. The molecule has 1 aliphatic carbocycles. The number of rotatable bonds is 9. The van der Waals surface area contributed by atoms with E-state index in [0.29, 0.717) is 31.0 Å². The van der Waals surface area contributed by atoms with E-state index in [9.17, 15) is 27.9 Å². The van der Waals surface area contributed by atoms with Crippen LogP contribution in [0.4, 0.5) is 23.7 Å². The van der Waals surface area contributed by atoms with Crippen molar-refractivity contribution in [3.63, 3.8) is 0 Å². The molecule has 10 heteroatoms. The lowest BCUT2D eigenvalue weighted by Crippen LogP contribution is -2.44. The molecule has 36 heavy (non-hydrogen) atoms. The number of carbonyl (C=O) groups is 2. The van der Waals surface area contributed by atoms with Crippen molar-refractivity contribution in [2.45, 2.75) is 69.0 Å². The van der Waals surface area contributed by atoms with Gasteiger partial charge in [-0.2, -0.15) is 0 Å². The maximum absolute atomic E-state index is 13.2. The number of halogens is 3. The Hall–Kier alpha value is -2.88. The number of nitrogens with one attached hydrogen (secondary N) is 1. The Balaban J connectivity index is 1.72. The molecule has 2 amide bonds. The number of carbonyl (C=O) groups excluding carboxylic acids is 1. The highest BCUT2D eigenvalue weighted by Gasteiger charge is 2.33. The average Bonchev–Trinajstić information content (AvgIpc) is 3.16. The molecule has 0 aliphatic heterocycles. The van der Waals surface area contributed by atoms with E-state index in [1.54, 1.807) is 18.7 Å². The molecule has 0 saturated heterocycles. The van der Waals surface area contributed by atoms with Crippen LogP contribution in [0, 0.1) is 5.92 Å². The number of benzene rings is 2. The average molecular weight is 525 g/mol. The van der Waals surface area contributed by atoms with E-state index in [4.69, 9.17) is 0 Å². The van der Waals surface area contributed by atoms with E-state index in [-0.39, 0.29) is 17.8 Å². The summed E-state index contributed by atoms with van der Waals surface area (Å²) in [5, 5.41) is 12.2. The van der Waals surface area contributed by atoms with Gasteiger partial charge in [-0.15, -0.1) is 24.9 Å². The van der Waals surface area contributed by atoms with Crippen molar-refractivity contribution >= 4 is 29.4 Å². The Kier molecular flexibility index (Phi) is 8.48. The van der Waals surface area contributed by atoms with Gasteiger partial charge in [0.15, 0.2) is 0 Å². The van der Waals surface area contributed by atoms with Crippen molar-refractivity contribution in [3.8, 4) is 5.75 Å². The third-order valence-corrected chi connectivity index (χ3v) is 7.14. The van der Waals surface area contributed by atoms with Crippen LogP contribution in [-0.4, -0.2) is 45.7 Å². The van der Waals surface area contributed by atoms with Crippen LogP contribution in [-0.2, 0) is 17.6 Å². The zero-order valence-corrected chi connectivity index (χ0v) is 21.5. The predicted molar refractivity (Wildman–Crippen MR) is 134 cm³/mol. The summed E-state index contributed by atoms with van der Waals surface area (Å²) >= 11 is 1.28. The van der Waals surface area contributed by atoms with E-state index >= 15 is 0 Å². The molecule has 0 bridgehead atoms. The van der Waals surface area contributed by atoms with Gasteiger partial charge in [-0.05, 0) is 86.6 Å². The van der Waals surface area contributed by atoms with Crippen LogP contribution in [0.1, 0.15) is 45.2 Å². The van der Waals surface area contributed by atoms with Crippen molar-refractivity contribution in [2.75, 3.05) is 11.9 Å². The second-order valence-corrected chi connectivity index (χ2v) is 11.5. The number of carboxylic acids is 1. The van der Waals surface area contributed by atoms with E-state index in [1.165, 1.54) is 23.9 Å². The molecule has 1 unspecified atom stereocenters. The SMILES string of the molecule is CC(C)CCN(C(=O)Nc1ccc(OC(F)(F)F)cc1)C1Cc2ccc(SC(C)(C)C(=O)O)cc2C1. The van der Waals surface area contributed by atoms with E-state index in [0.717, 1.165) is 34.6 Å². The summed E-state index contributed by atoms with van der Waals surface area (Å²) in [6.45, 7) is 8.01. The summed E-state index contributed by atoms with van der Waals surface area (Å²) in [6.07, 6.45) is -2.67. The van der Waals surface area contributed by atoms with Gasteiger partial charge in [0.2, 0.25) is 0 Å². The first kappa shape index (κ1) is 27.7. The van der Waals surface area contributed by atoms with Crippen molar-refractivity contribution in [1.29, 1.82) is 0 Å². The van der Waals surface area contributed by atoms with Crippen LogP contribution in [0.25, 0.3) is 0 Å². The van der Waals surface area contributed by atoms with Gasteiger partial charge in [-0.25, -0.2) is 4.79 Å². The molecule has 0 aromatic heterocycles. The minimum Gasteiger partial charge on any atom is -0.480 e. The Morgan fingerprint density at radius 2 is 1.75 bits per heavy atom. The molecule has 0 saturated carbocycles. The summed E-state index contributed by atoms with van der Waals surface area (Å²) in [5.74, 6) is -0.868. The molecule has 2 aromatic rings. The Labute approximate surface area is 213 Å². The van der Waals surface area contributed by atoms with Gasteiger partial charge < -0.3 is 20.1 Å². The summed E-state index contributed by atoms with van der Waals surface area (Å²) in [5.41, 5.74) is 2.57. The molecule has 196 valence electrons. The molecular formula is C26H31F3N2O4S. The number of hydrogen-bond donors (Lipinski definition) is 2. The number of alkyl halides is 3. The Bertz CT molecular complexity index is 1090. The second kappa shape index (κ2) is 11.0. The van der Waals surface area contributed by atoms with E-state index in [2.05, 4.69) is 23.9 Å². The summed E-state index contributed by atoms with van der Waals surface area (Å²) in [7, 11) is 0. The molecule has 0 spiro atoms. The molecule has 2 N–H and O–H groups in total. The minimum absolute atomic E-state index is 0.0840. The molecule has 6 nitrogen and oxygen atoms in total. The third-order valence-electron chi connectivity index (χ3n) is 5.97. The lowest BCUT2D eigenvalue weighted by atomic mass is 10.1. The van der Waals surface area contributed by atoms with Gasteiger partial charge in [-0.3, -0.25) is 4.79 Å². The molecule has 3 rings (SSSR count). The summed E-state index contributed by atoms with van der Waals surface area (Å²) in [6, 6.07) is 10.6. The lowest BCUT2D eigenvalue weighted by molar-refractivity contribution is -0.274. The normalized spacial score (nSPS) is 15.5. The van der Waals surface area contributed by atoms with Crippen molar-refractivity contribution in [3.05, 3.63) is 53.6 Å². The molecule has 0 fully saturated rings.